The fourth-order valence-electron chi connectivity index (χ4n) is 2.73. The predicted octanol–water partition coefficient (Wildman–Crippen LogP) is 2.37. The van der Waals surface area contributed by atoms with Gasteiger partial charge in [-0.1, -0.05) is 6.92 Å². The first-order valence-corrected chi connectivity index (χ1v) is 7.17. The molecule has 2 rings (SSSR count). The number of piperidine rings is 1. The van der Waals surface area contributed by atoms with Gasteiger partial charge in [0.2, 0.25) is 0 Å². The summed E-state index contributed by atoms with van der Waals surface area (Å²) in [5.41, 5.74) is 0.296. The Labute approximate surface area is 124 Å². The predicted molar refractivity (Wildman–Crippen MR) is 78.3 cm³/mol. The molecule has 0 bridgehead atoms. The van der Waals surface area contributed by atoms with Gasteiger partial charge in [-0.3, -0.25) is 9.69 Å². The number of halogens is 1. The number of rotatable bonds is 5. The molecule has 0 radical (unpaired) electrons. The molecule has 1 fully saturated rings. The van der Waals surface area contributed by atoms with E-state index < -0.39 is 5.82 Å². The number of nitrogens with zero attached hydrogens (tertiary/aromatic N) is 1. The number of hydrogen-bond acceptors (Lipinski definition) is 4. The molecule has 4 nitrogen and oxygen atoms in total. The maximum Gasteiger partial charge on any atom is 0.180 e. The summed E-state index contributed by atoms with van der Waals surface area (Å²) < 4.78 is 23.9. The van der Waals surface area contributed by atoms with Gasteiger partial charge in [0.05, 0.1) is 25.3 Å². The summed E-state index contributed by atoms with van der Waals surface area (Å²) in [6.07, 6.45) is 1.13. The van der Waals surface area contributed by atoms with Crippen LogP contribution < -0.4 is 4.74 Å². The van der Waals surface area contributed by atoms with Crippen molar-refractivity contribution in [2.75, 3.05) is 33.9 Å². The molecule has 0 aliphatic carbocycles. The Morgan fingerprint density at radius 1 is 1.43 bits per heavy atom. The fraction of sp³-hybridized carbons (Fsp3) is 0.562. The van der Waals surface area contributed by atoms with E-state index in [1.54, 1.807) is 7.11 Å². The molecule has 5 heteroatoms. The lowest BCUT2D eigenvalue weighted by Gasteiger charge is -2.35. The van der Waals surface area contributed by atoms with Gasteiger partial charge in [-0.2, -0.15) is 0 Å². The normalized spacial score (nSPS) is 23.0. The van der Waals surface area contributed by atoms with E-state index in [9.17, 15) is 9.18 Å². The number of ketones is 1. The summed E-state index contributed by atoms with van der Waals surface area (Å²) in [6.45, 7) is 3.99. The van der Waals surface area contributed by atoms with Gasteiger partial charge in [-0.25, -0.2) is 4.39 Å². The molecule has 1 heterocycles. The second kappa shape index (κ2) is 7.00. The van der Waals surface area contributed by atoms with Crippen molar-refractivity contribution in [3.8, 4) is 5.75 Å². The van der Waals surface area contributed by atoms with Gasteiger partial charge in [0.15, 0.2) is 5.78 Å². The Balaban J connectivity index is 2.06. The molecule has 2 unspecified atom stereocenters. The van der Waals surface area contributed by atoms with Crippen molar-refractivity contribution < 1.29 is 18.7 Å². The number of carbonyl (C=O) groups excluding carboxylic acids is 1. The van der Waals surface area contributed by atoms with Crippen LogP contribution in [0.3, 0.4) is 0 Å². The topological polar surface area (TPSA) is 38.8 Å². The van der Waals surface area contributed by atoms with Crippen LogP contribution in [0.4, 0.5) is 4.39 Å². The Hall–Kier alpha value is -1.46. The molecule has 0 amide bonds. The Morgan fingerprint density at radius 2 is 2.19 bits per heavy atom. The van der Waals surface area contributed by atoms with Crippen molar-refractivity contribution in [2.24, 2.45) is 5.92 Å². The van der Waals surface area contributed by atoms with E-state index in [-0.39, 0.29) is 18.4 Å². The molecule has 0 saturated carbocycles. The van der Waals surface area contributed by atoms with E-state index in [0.717, 1.165) is 19.5 Å². The fourth-order valence-corrected chi connectivity index (χ4v) is 2.73. The van der Waals surface area contributed by atoms with Gasteiger partial charge in [-0.05, 0) is 37.1 Å². The first-order chi connectivity index (χ1) is 10.0. The van der Waals surface area contributed by atoms with Crippen molar-refractivity contribution in [3.63, 3.8) is 0 Å². The van der Waals surface area contributed by atoms with Crippen LogP contribution in [-0.2, 0) is 4.74 Å². The monoisotopic (exact) mass is 295 g/mol. The molecule has 21 heavy (non-hydrogen) atoms. The molecular formula is C16H22FNO3. The molecule has 1 saturated heterocycles. The highest BCUT2D eigenvalue weighted by atomic mass is 19.1. The number of Topliss-reactive ketones (excluding diaryl/α,β-unsaturated/α-hetero) is 1. The smallest absolute Gasteiger partial charge is 0.180 e. The lowest BCUT2D eigenvalue weighted by Crippen LogP contribution is -2.45. The highest BCUT2D eigenvalue weighted by molar-refractivity contribution is 6.00. The number of carbonyl (C=O) groups is 1. The van der Waals surface area contributed by atoms with Gasteiger partial charge in [0.25, 0.3) is 0 Å². The highest BCUT2D eigenvalue weighted by Crippen LogP contribution is 2.23. The van der Waals surface area contributed by atoms with Gasteiger partial charge in [-0.15, -0.1) is 0 Å². The molecule has 0 aromatic heterocycles. The van der Waals surface area contributed by atoms with Crippen molar-refractivity contribution in [1.29, 1.82) is 0 Å². The summed E-state index contributed by atoms with van der Waals surface area (Å²) in [6, 6.07) is 4.01. The SMILES string of the molecule is COc1ccc(F)cc1C(=O)CN1CCC(C)C(OC)C1. The minimum atomic E-state index is -0.429. The van der Waals surface area contributed by atoms with E-state index >= 15 is 0 Å². The van der Waals surface area contributed by atoms with Crippen LogP contribution in [0.25, 0.3) is 0 Å². The zero-order chi connectivity index (χ0) is 15.4. The first-order valence-electron chi connectivity index (χ1n) is 7.17. The molecule has 2 atom stereocenters. The highest BCUT2D eigenvalue weighted by Gasteiger charge is 2.27. The maximum absolute atomic E-state index is 13.3. The van der Waals surface area contributed by atoms with Gasteiger partial charge in [0.1, 0.15) is 11.6 Å². The van der Waals surface area contributed by atoms with Crippen LogP contribution in [0, 0.1) is 11.7 Å². The average molecular weight is 295 g/mol. The lowest BCUT2D eigenvalue weighted by molar-refractivity contribution is -0.00326. The third kappa shape index (κ3) is 3.80. The van der Waals surface area contributed by atoms with Crippen LogP contribution in [0.2, 0.25) is 0 Å². The molecule has 0 spiro atoms. The van der Waals surface area contributed by atoms with Crippen molar-refractivity contribution in [2.45, 2.75) is 19.4 Å². The Bertz CT molecular complexity index is 506. The van der Waals surface area contributed by atoms with Crippen LogP contribution in [0.1, 0.15) is 23.7 Å². The number of hydrogen-bond donors (Lipinski definition) is 0. The standard InChI is InChI=1S/C16H22FNO3/c1-11-6-7-18(10-16(11)21-3)9-14(19)13-8-12(17)4-5-15(13)20-2/h4-5,8,11,16H,6-7,9-10H2,1-3H3. The van der Waals surface area contributed by atoms with E-state index in [1.165, 1.54) is 25.3 Å². The first kappa shape index (κ1) is 15.9. The largest absolute Gasteiger partial charge is 0.496 e. The van der Waals surface area contributed by atoms with E-state index in [0.29, 0.717) is 17.2 Å². The number of likely N-dealkylation sites (tertiary alicyclic amines) is 1. The second-order valence-corrected chi connectivity index (χ2v) is 5.54. The summed E-state index contributed by atoms with van der Waals surface area (Å²) in [5.74, 6) is 0.345. The summed E-state index contributed by atoms with van der Waals surface area (Å²) >= 11 is 0. The third-order valence-electron chi connectivity index (χ3n) is 4.11. The molecule has 1 aromatic rings. The molecule has 116 valence electrons. The molecule has 1 aliphatic heterocycles. The third-order valence-corrected chi connectivity index (χ3v) is 4.11. The van der Waals surface area contributed by atoms with Gasteiger partial charge >= 0.3 is 0 Å². The molecular weight excluding hydrogens is 273 g/mol. The Kier molecular flexibility index (Phi) is 5.31. The number of methoxy groups -OCH3 is 2. The molecule has 1 aromatic carbocycles. The number of ether oxygens (including phenoxy) is 2. The van der Waals surface area contributed by atoms with E-state index in [1.807, 2.05) is 0 Å². The van der Waals surface area contributed by atoms with Crippen LogP contribution in [0.15, 0.2) is 18.2 Å². The van der Waals surface area contributed by atoms with Crippen LogP contribution in [0.5, 0.6) is 5.75 Å². The molecule has 0 N–H and O–H groups in total. The van der Waals surface area contributed by atoms with Crippen molar-refractivity contribution in [3.05, 3.63) is 29.6 Å². The Morgan fingerprint density at radius 3 is 2.86 bits per heavy atom. The summed E-state index contributed by atoms with van der Waals surface area (Å²) in [5, 5.41) is 0. The van der Waals surface area contributed by atoms with Gasteiger partial charge < -0.3 is 9.47 Å². The lowest BCUT2D eigenvalue weighted by atomic mass is 9.95. The van der Waals surface area contributed by atoms with Crippen LogP contribution >= 0.6 is 0 Å². The van der Waals surface area contributed by atoms with Crippen molar-refractivity contribution in [1.82, 2.24) is 4.90 Å². The van der Waals surface area contributed by atoms with E-state index in [4.69, 9.17) is 9.47 Å². The average Bonchev–Trinajstić information content (AvgIpc) is 2.49. The second-order valence-electron chi connectivity index (χ2n) is 5.54. The summed E-state index contributed by atoms with van der Waals surface area (Å²) in [7, 11) is 3.18. The van der Waals surface area contributed by atoms with E-state index in [2.05, 4.69) is 11.8 Å². The minimum Gasteiger partial charge on any atom is -0.496 e. The quantitative estimate of drug-likeness (QED) is 0.782. The minimum absolute atomic E-state index is 0.129. The zero-order valence-electron chi connectivity index (χ0n) is 12.8. The van der Waals surface area contributed by atoms with Crippen molar-refractivity contribution >= 4 is 5.78 Å². The van der Waals surface area contributed by atoms with Crippen LogP contribution in [-0.4, -0.2) is 50.6 Å². The maximum atomic E-state index is 13.3. The molecule has 1 aliphatic rings. The van der Waals surface area contributed by atoms with Gasteiger partial charge in [0, 0.05) is 13.7 Å². The zero-order valence-corrected chi connectivity index (χ0v) is 12.8. The number of benzene rings is 1. The summed E-state index contributed by atoms with van der Waals surface area (Å²) in [4.78, 5) is 14.4.